The quantitative estimate of drug-likeness (QED) is 0.594. The summed E-state index contributed by atoms with van der Waals surface area (Å²) in [4.78, 5) is 10.4. The molecule has 0 aliphatic carbocycles. The number of carbonyl (C=O) groups is 1. The first kappa shape index (κ1) is 11.4. The van der Waals surface area contributed by atoms with Crippen molar-refractivity contribution in [3.8, 4) is 0 Å². The third-order valence-corrected chi connectivity index (χ3v) is 2.05. The molecule has 0 saturated heterocycles. The Morgan fingerprint density at radius 3 is 2.42 bits per heavy atom. The van der Waals surface area contributed by atoms with Crippen molar-refractivity contribution in [3.63, 3.8) is 0 Å². The van der Waals surface area contributed by atoms with Gasteiger partial charge in [0.2, 0.25) is 0 Å². The zero-order chi connectivity index (χ0) is 9.56. The second-order valence-corrected chi connectivity index (χ2v) is 3.05. The molecule has 0 aliphatic heterocycles. The summed E-state index contributed by atoms with van der Waals surface area (Å²) in [5, 5.41) is 0. The van der Waals surface area contributed by atoms with Gasteiger partial charge in [-0.2, -0.15) is 0 Å². The molecule has 12 heavy (non-hydrogen) atoms. The van der Waals surface area contributed by atoms with Crippen LogP contribution in [-0.4, -0.2) is 25.8 Å². The summed E-state index contributed by atoms with van der Waals surface area (Å²) < 4.78 is 9.94. The van der Waals surface area contributed by atoms with E-state index in [1.165, 1.54) is 6.92 Å². The van der Waals surface area contributed by atoms with E-state index in [9.17, 15) is 4.79 Å². The molecule has 72 valence electrons. The van der Waals surface area contributed by atoms with E-state index in [0.29, 0.717) is 12.5 Å². The summed E-state index contributed by atoms with van der Waals surface area (Å²) in [7, 11) is 1.69. The zero-order valence-corrected chi connectivity index (χ0v) is 8.29. The van der Waals surface area contributed by atoms with E-state index in [1.54, 1.807) is 7.11 Å². The fourth-order valence-corrected chi connectivity index (χ4v) is 0.856. The molecule has 0 radical (unpaired) electrons. The van der Waals surface area contributed by atoms with Gasteiger partial charge in [-0.3, -0.25) is 4.79 Å². The van der Waals surface area contributed by atoms with Gasteiger partial charge in [0.25, 0.3) is 0 Å². The third-order valence-electron chi connectivity index (χ3n) is 2.05. The molecule has 0 aromatic carbocycles. The number of carbonyl (C=O) groups excluding carboxylic acids is 1. The van der Waals surface area contributed by atoms with Crippen LogP contribution in [0.15, 0.2) is 0 Å². The monoisotopic (exact) mass is 174 g/mol. The number of ether oxygens (including phenoxy) is 2. The number of rotatable bonds is 5. The Labute approximate surface area is 74.0 Å². The van der Waals surface area contributed by atoms with Crippen LogP contribution >= 0.6 is 0 Å². The van der Waals surface area contributed by atoms with Crippen molar-refractivity contribution in [3.05, 3.63) is 0 Å². The molecule has 2 atom stereocenters. The molecule has 0 rings (SSSR count). The summed E-state index contributed by atoms with van der Waals surface area (Å²) >= 11 is 0. The van der Waals surface area contributed by atoms with Crippen molar-refractivity contribution in [2.24, 2.45) is 5.92 Å². The maximum Gasteiger partial charge on any atom is 0.302 e. The molecule has 0 N–H and O–H groups in total. The topological polar surface area (TPSA) is 35.5 Å². The maximum absolute atomic E-state index is 10.4. The fraction of sp³-hybridized carbons (Fsp3) is 0.889. The van der Waals surface area contributed by atoms with Crippen molar-refractivity contribution < 1.29 is 14.3 Å². The zero-order valence-electron chi connectivity index (χ0n) is 8.29. The number of esters is 1. The van der Waals surface area contributed by atoms with Gasteiger partial charge in [-0.15, -0.1) is 0 Å². The highest BCUT2D eigenvalue weighted by atomic mass is 16.5. The minimum Gasteiger partial charge on any atom is -0.466 e. The third kappa shape index (κ3) is 5.13. The minimum absolute atomic E-state index is 0.215. The highest BCUT2D eigenvalue weighted by Crippen LogP contribution is 2.10. The second kappa shape index (κ2) is 6.00. The fourth-order valence-electron chi connectivity index (χ4n) is 0.856. The van der Waals surface area contributed by atoms with Crippen LogP contribution < -0.4 is 0 Å². The van der Waals surface area contributed by atoms with Gasteiger partial charge in [-0.25, -0.2) is 0 Å². The first-order chi connectivity index (χ1) is 5.57. The Kier molecular flexibility index (Phi) is 5.72. The molecular formula is C9H18O3. The lowest BCUT2D eigenvalue weighted by atomic mass is 10.0. The second-order valence-electron chi connectivity index (χ2n) is 3.05. The Bertz CT molecular complexity index is 134. The van der Waals surface area contributed by atoms with Crippen LogP contribution in [-0.2, 0) is 14.3 Å². The highest BCUT2D eigenvalue weighted by molar-refractivity contribution is 5.65. The Hall–Kier alpha value is -0.570. The number of hydrogen-bond donors (Lipinski definition) is 0. The van der Waals surface area contributed by atoms with Gasteiger partial charge in [-0.1, -0.05) is 6.92 Å². The first-order valence-corrected chi connectivity index (χ1v) is 4.24. The highest BCUT2D eigenvalue weighted by Gasteiger charge is 2.10. The summed E-state index contributed by atoms with van der Waals surface area (Å²) in [6.07, 6.45) is 1.08. The van der Waals surface area contributed by atoms with E-state index in [1.807, 2.05) is 6.92 Å². The molecule has 0 spiro atoms. The molecule has 0 aromatic rings. The lowest BCUT2D eigenvalue weighted by molar-refractivity contribution is -0.141. The molecule has 3 heteroatoms. The largest absolute Gasteiger partial charge is 0.466 e. The van der Waals surface area contributed by atoms with Crippen molar-refractivity contribution in [2.75, 3.05) is 13.7 Å². The van der Waals surface area contributed by atoms with E-state index in [4.69, 9.17) is 9.47 Å². The van der Waals surface area contributed by atoms with Crippen molar-refractivity contribution in [1.29, 1.82) is 0 Å². The van der Waals surface area contributed by atoms with E-state index in [2.05, 4.69) is 6.92 Å². The summed E-state index contributed by atoms with van der Waals surface area (Å²) in [5.74, 6) is 0.210. The van der Waals surface area contributed by atoms with Crippen molar-refractivity contribution in [2.45, 2.75) is 33.3 Å². The first-order valence-electron chi connectivity index (χ1n) is 4.24. The standard InChI is InChI=1S/C9H18O3/c1-7(8(2)11-4)5-6-12-9(3)10/h7-8H,5-6H2,1-4H3. The van der Waals surface area contributed by atoms with Crippen LogP contribution in [0, 0.1) is 5.92 Å². The van der Waals surface area contributed by atoms with Gasteiger partial charge >= 0.3 is 5.97 Å². The van der Waals surface area contributed by atoms with E-state index in [0.717, 1.165) is 6.42 Å². The molecule has 0 heterocycles. The van der Waals surface area contributed by atoms with Crippen LogP contribution in [0.1, 0.15) is 27.2 Å². The molecule has 0 fully saturated rings. The van der Waals surface area contributed by atoms with Crippen molar-refractivity contribution in [1.82, 2.24) is 0 Å². The minimum atomic E-state index is -0.215. The number of methoxy groups -OCH3 is 1. The Balaban J connectivity index is 3.43. The van der Waals surface area contributed by atoms with Gasteiger partial charge < -0.3 is 9.47 Å². The van der Waals surface area contributed by atoms with E-state index >= 15 is 0 Å². The van der Waals surface area contributed by atoms with Gasteiger partial charge in [0.1, 0.15) is 0 Å². The van der Waals surface area contributed by atoms with Crippen LogP contribution in [0.5, 0.6) is 0 Å². The predicted molar refractivity (Wildman–Crippen MR) is 46.9 cm³/mol. The smallest absolute Gasteiger partial charge is 0.302 e. The normalized spacial score (nSPS) is 15.3. The molecule has 2 unspecified atom stereocenters. The lowest BCUT2D eigenvalue weighted by Crippen LogP contribution is -2.18. The summed E-state index contributed by atoms with van der Waals surface area (Å²) in [5.41, 5.74) is 0. The Morgan fingerprint density at radius 1 is 1.42 bits per heavy atom. The molecule has 0 amide bonds. The molecule has 0 aromatic heterocycles. The molecule has 0 bridgehead atoms. The summed E-state index contributed by atoms with van der Waals surface area (Å²) in [6, 6.07) is 0. The summed E-state index contributed by atoms with van der Waals surface area (Å²) in [6.45, 7) is 6.00. The SMILES string of the molecule is COC(C)C(C)CCOC(C)=O. The van der Waals surface area contributed by atoms with Crippen LogP contribution in [0.2, 0.25) is 0 Å². The molecule has 0 aliphatic rings. The van der Waals surface area contributed by atoms with Crippen LogP contribution in [0.4, 0.5) is 0 Å². The van der Waals surface area contributed by atoms with Gasteiger partial charge in [-0.05, 0) is 19.3 Å². The average molecular weight is 174 g/mol. The Morgan fingerprint density at radius 2 is 2.00 bits per heavy atom. The lowest BCUT2D eigenvalue weighted by Gasteiger charge is -2.17. The molecule has 3 nitrogen and oxygen atoms in total. The molecular weight excluding hydrogens is 156 g/mol. The van der Waals surface area contributed by atoms with Crippen molar-refractivity contribution >= 4 is 5.97 Å². The number of hydrogen-bond acceptors (Lipinski definition) is 3. The van der Waals surface area contributed by atoms with Crippen LogP contribution in [0.3, 0.4) is 0 Å². The van der Waals surface area contributed by atoms with Crippen LogP contribution in [0.25, 0.3) is 0 Å². The molecule has 0 saturated carbocycles. The van der Waals surface area contributed by atoms with Gasteiger partial charge in [0, 0.05) is 14.0 Å². The predicted octanol–water partition coefficient (Wildman–Crippen LogP) is 1.61. The maximum atomic E-state index is 10.4. The average Bonchev–Trinajstić information content (AvgIpc) is 2.02. The van der Waals surface area contributed by atoms with Gasteiger partial charge in [0.05, 0.1) is 12.7 Å². The van der Waals surface area contributed by atoms with Gasteiger partial charge in [0.15, 0.2) is 0 Å². The van der Waals surface area contributed by atoms with E-state index < -0.39 is 0 Å². The van der Waals surface area contributed by atoms with E-state index in [-0.39, 0.29) is 12.1 Å².